The highest BCUT2D eigenvalue weighted by Crippen LogP contribution is 2.32. The van der Waals surface area contributed by atoms with Crippen LogP contribution in [0.3, 0.4) is 0 Å². The molecule has 5 aromatic rings. The predicted octanol–water partition coefficient (Wildman–Crippen LogP) is 6.39. The summed E-state index contributed by atoms with van der Waals surface area (Å²) in [6, 6.07) is 34.6. The van der Waals surface area contributed by atoms with Gasteiger partial charge in [0.05, 0.1) is 36.9 Å². The van der Waals surface area contributed by atoms with E-state index < -0.39 is 0 Å². The van der Waals surface area contributed by atoms with Crippen molar-refractivity contribution in [2.75, 3.05) is 19.2 Å². The summed E-state index contributed by atoms with van der Waals surface area (Å²) in [5.41, 5.74) is 5.87. The summed E-state index contributed by atoms with van der Waals surface area (Å²) >= 11 is 0. The first-order valence-corrected chi connectivity index (χ1v) is 12.8. The van der Waals surface area contributed by atoms with Gasteiger partial charge in [-0.25, -0.2) is 4.68 Å². The first kappa shape index (κ1) is 24.9. The van der Waals surface area contributed by atoms with E-state index in [0.717, 1.165) is 39.6 Å². The second kappa shape index (κ2) is 10.7. The molecule has 0 atom stereocenters. The van der Waals surface area contributed by atoms with Crippen molar-refractivity contribution in [2.24, 2.45) is 5.10 Å². The van der Waals surface area contributed by atoms with E-state index in [9.17, 15) is 4.79 Å². The number of para-hydroxylation sites is 2. The topological polar surface area (TPSA) is 69.0 Å². The number of nitrogens with zero attached hydrogens (tertiary/aromatic N) is 4. The minimum absolute atomic E-state index is 0.217. The number of amides is 1. The first-order valence-electron chi connectivity index (χ1n) is 12.8. The van der Waals surface area contributed by atoms with Crippen molar-refractivity contribution in [3.8, 4) is 28.4 Å². The van der Waals surface area contributed by atoms with Crippen molar-refractivity contribution in [3.63, 3.8) is 0 Å². The molecule has 0 spiro atoms. The lowest BCUT2D eigenvalue weighted by molar-refractivity contribution is -0.114. The van der Waals surface area contributed by atoms with E-state index in [1.54, 1.807) is 14.2 Å². The molecule has 0 unspecified atom stereocenters. The Labute approximate surface area is 232 Å². The van der Waals surface area contributed by atoms with Gasteiger partial charge in [-0.3, -0.25) is 4.79 Å². The summed E-state index contributed by atoms with van der Waals surface area (Å²) in [5, 5.41) is 11.1. The fourth-order valence-corrected chi connectivity index (χ4v) is 4.59. The normalized spacial score (nSPS) is 13.9. The SMILES string of the molecule is COc1ccc(C2=NN(c3ccccc3)C(=O)C2=Cc2cn(-c3ccccc3)nc2-c2ccc(OC)cc2)cc1. The molecule has 0 bridgehead atoms. The summed E-state index contributed by atoms with van der Waals surface area (Å²) in [4.78, 5) is 13.9. The van der Waals surface area contributed by atoms with Gasteiger partial charge in [0.15, 0.2) is 0 Å². The molecule has 7 nitrogen and oxygen atoms in total. The van der Waals surface area contributed by atoms with Gasteiger partial charge in [-0.15, -0.1) is 0 Å². The molecule has 1 aliphatic heterocycles. The Morgan fingerprint density at radius 1 is 0.675 bits per heavy atom. The lowest BCUT2D eigenvalue weighted by Crippen LogP contribution is -2.21. The smallest absolute Gasteiger partial charge is 0.281 e. The van der Waals surface area contributed by atoms with Gasteiger partial charge in [0.2, 0.25) is 0 Å². The number of hydrazone groups is 1. The number of aromatic nitrogens is 2. The minimum atomic E-state index is -0.217. The van der Waals surface area contributed by atoms with Crippen LogP contribution >= 0.6 is 0 Å². The van der Waals surface area contributed by atoms with Crippen molar-refractivity contribution < 1.29 is 14.3 Å². The largest absolute Gasteiger partial charge is 0.497 e. The van der Waals surface area contributed by atoms with Crippen LogP contribution in [-0.2, 0) is 4.79 Å². The highest BCUT2D eigenvalue weighted by atomic mass is 16.5. The van der Waals surface area contributed by atoms with Gasteiger partial charge >= 0.3 is 0 Å². The molecule has 1 aliphatic rings. The number of anilines is 1. The number of methoxy groups -OCH3 is 2. The molecule has 2 heterocycles. The van der Waals surface area contributed by atoms with Crippen LogP contribution in [0.4, 0.5) is 5.69 Å². The van der Waals surface area contributed by atoms with Crippen LogP contribution in [0, 0.1) is 0 Å². The molecule has 0 saturated carbocycles. The number of ether oxygens (including phenoxy) is 2. The molecule has 0 N–H and O–H groups in total. The molecule has 0 radical (unpaired) electrons. The van der Waals surface area contributed by atoms with E-state index in [1.807, 2.05) is 126 Å². The van der Waals surface area contributed by atoms with Crippen molar-refractivity contribution in [1.82, 2.24) is 9.78 Å². The number of carbonyl (C=O) groups is 1. The molecule has 196 valence electrons. The van der Waals surface area contributed by atoms with Crippen molar-refractivity contribution in [3.05, 3.63) is 132 Å². The fourth-order valence-electron chi connectivity index (χ4n) is 4.59. The van der Waals surface area contributed by atoms with E-state index >= 15 is 0 Å². The predicted molar refractivity (Wildman–Crippen MR) is 157 cm³/mol. The number of rotatable bonds is 7. The molecule has 1 aromatic heterocycles. The molecule has 4 aromatic carbocycles. The minimum Gasteiger partial charge on any atom is -0.497 e. The maximum atomic E-state index is 13.9. The fraction of sp³-hybridized carbons (Fsp3) is 0.0606. The molecule has 40 heavy (non-hydrogen) atoms. The Balaban J connectivity index is 1.51. The molecule has 6 rings (SSSR count). The van der Waals surface area contributed by atoms with Gasteiger partial charge in [-0.1, -0.05) is 36.4 Å². The van der Waals surface area contributed by atoms with E-state index in [4.69, 9.17) is 19.7 Å². The van der Waals surface area contributed by atoms with Crippen molar-refractivity contribution in [2.45, 2.75) is 0 Å². The van der Waals surface area contributed by atoms with Crippen molar-refractivity contribution in [1.29, 1.82) is 0 Å². The van der Waals surface area contributed by atoms with Crippen LogP contribution < -0.4 is 14.5 Å². The van der Waals surface area contributed by atoms with Gasteiger partial charge < -0.3 is 9.47 Å². The van der Waals surface area contributed by atoms with Gasteiger partial charge in [-0.05, 0) is 78.9 Å². The van der Waals surface area contributed by atoms with Crippen LogP contribution in [0.1, 0.15) is 11.1 Å². The van der Waals surface area contributed by atoms with Crippen molar-refractivity contribution >= 4 is 23.4 Å². The Morgan fingerprint density at radius 3 is 1.80 bits per heavy atom. The zero-order chi connectivity index (χ0) is 27.5. The van der Waals surface area contributed by atoms with Crippen LogP contribution in [0.2, 0.25) is 0 Å². The highest BCUT2D eigenvalue weighted by Gasteiger charge is 2.32. The molecule has 0 fully saturated rings. The molecule has 1 amide bonds. The third-order valence-electron chi connectivity index (χ3n) is 6.67. The van der Waals surface area contributed by atoms with Gasteiger partial charge in [0.25, 0.3) is 5.91 Å². The monoisotopic (exact) mass is 526 g/mol. The van der Waals surface area contributed by atoms with E-state index in [2.05, 4.69) is 0 Å². The quantitative estimate of drug-likeness (QED) is 0.231. The standard InChI is InChI=1S/C33H26N4O3/c1-39-28-17-13-23(14-18-28)31-25(22-36(34-31)26-9-5-3-6-10-26)21-30-32(24-15-19-29(40-2)20-16-24)35-37(33(30)38)27-11-7-4-8-12-27/h3-22H,1-2H3. The summed E-state index contributed by atoms with van der Waals surface area (Å²) in [6.07, 6.45) is 3.81. The summed E-state index contributed by atoms with van der Waals surface area (Å²) in [7, 11) is 3.26. The van der Waals surface area contributed by atoms with Crippen LogP contribution in [0.15, 0.2) is 126 Å². The zero-order valence-electron chi connectivity index (χ0n) is 22.1. The maximum absolute atomic E-state index is 13.9. The Hall–Kier alpha value is -5.43. The lowest BCUT2D eigenvalue weighted by Gasteiger charge is -2.10. The second-order valence-electron chi connectivity index (χ2n) is 9.13. The highest BCUT2D eigenvalue weighted by molar-refractivity contribution is 6.37. The Bertz CT molecular complexity index is 1710. The third kappa shape index (κ3) is 4.76. The first-order chi connectivity index (χ1) is 19.6. The average Bonchev–Trinajstić information content (AvgIpc) is 3.59. The summed E-state index contributed by atoms with van der Waals surface area (Å²) < 4.78 is 12.5. The number of carbonyl (C=O) groups excluding carboxylic acids is 1. The van der Waals surface area contributed by atoms with Gasteiger partial charge in [0, 0.05) is 22.9 Å². The summed E-state index contributed by atoms with van der Waals surface area (Å²) in [6.45, 7) is 0. The lowest BCUT2D eigenvalue weighted by atomic mass is 9.99. The van der Waals surface area contributed by atoms with E-state index in [0.29, 0.717) is 17.0 Å². The van der Waals surface area contributed by atoms with Crippen LogP contribution in [0.5, 0.6) is 11.5 Å². The van der Waals surface area contributed by atoms with E-state index in [-0.39, 0.29) is 5.91 Å². The molecular formula is C33H26N4O3. The van der Waals surface area contributed by atoms with Crippen LogP contribution in [-0.4, -0.2) is 35.6 Å². The van der Waals surface area contributed by atoms with Gasteiger partial charge in [-0.2, -0.15) is 15.2 Å². The average molecular weight is 527 g/mol. The third-order valence-corrected chi connectivity index (χ3v) is 6.67. The number of benzene rings is 4. The molecule has 7 heteroatoms. The molecule has 0 aliphatic carbocycles. The Kier molecular flexibility index (Phi) is 6.68. The van der Waals surface area contributed by atoms with Gasteiger partial charge in [0.1, 0.15) is 17.2 Å². The second-order valence-corrected chi connectivity index (χ2v) is 9.13. The van der Waals surface area contributed by atoms with E-state index in [1.165, 1.54) is 5.01 Å². The maximum Gasteiger partial charge on any atom is 0.281 e. The zero-order valence-corrected chi connectivity index (χ0v) is 22.1. The molecule has 0 saturated heterocycles. The molecular weight excluding hydrogens is 500 g/mol. The number of hydrogen-bond acceptors (Lipinski definition) is 5. The summed E-state index contributed by atoms with van der Waals surface area (Å²) in [5.74, 6) is 1.26. The Morgan fingerprint density at radius 2 is 1.23 bits per heavy atom. The van der Waals surface area contributed by atoms with Crippen LogP contribution in [0.25, 0.3) is 23.0 Å². The number of hydrogen-bond donors (Lipinski definition) is 0.